The SMILES string of the molecule is COc1ccc(I)c2c1CCC2=O. The van der Waals surface area contributed by atoms with Crippen molar-refractivity contribution in [2.45, 2.75) is 12.8 Å². The largest absolute Gasteiger partial charge is 0.496 e. The summed E-state index contributed by atoms with van der Waals surface area (Å²) < 4.78 is 6.24. The maximum atomic E-state index is 11.5. The standard InChI is InChI=1S/C10H9IO2/c1-13-9-5-3-7(11)10-6(9)2-4-8(10)12/h3,5H,2,4H2,1H3. The van der Waals surface area contributed by atoms with Gasteiger partial charge in [0.2, 0.25) is 0 Å². The molecule has 13 heavy (non-hydrogen) atoms. The topological polar surface area (TPSA) is 26.3 Å². The Kier molecular flexibility index (Phi) is 2.27. The number of halogens is 1. The molecule has 0 N–H and O–H groups in total. The van der Waals surface area contributed by atoms with E-state index in [1.54, 1.807) is 7.11 Å². The van der Waals surface area contributed by atoms with Crippen LogP contribution in [0.1, 0.15) is 22.3 Å². The molecular weight excluding hydrogens is 279 g/mol. The molecule has 0 fully saturated rings. The summed E-state index contributed by atoms with van der Waals surface area (Å²) in [5.74, 6) is 1.10. The minimum absolute atomic E-state index is 0.248. The van der Waals surface area contributed by atoms with Gasteiger partial charge in [0, 0.05) is 21.1 Å². The fourth-order valence-electron chi connectivity index (χ4n) is 1.70. The molecule has 2 rings (SSSR count). The highest BCUT2D eigenvalue weighted by Crippen LogP contribution is 2.33. The van der Waals surface area contributed by atoms with Crippen molar-refractivity contribution in [3.05, 3.63) is 26.8 Å². The second kappa shape index (κ2) is 3.29. The molecule has 2 nitrogen and oxygen atoms in total. The Bertz CT molecular complexity index is 371. The lowest BCUT2D eigenvalue weighted by Gasteiger charge is -2.06. The van der Waals surface area contributed by atoms with E-state index in [1.807, 2.05) is 12.1 Å². The van der Waals surface area contributed by atoms with Gasteiger partial charge in [0.1, 0.15) is 5.75 Å². The van der Waals surface area contributed by atoms with Gasteiger partial charge in [-0.2, -0.15) is 0 Å². The first-order valence-corrected chi connectivity index (χ1v) is 5.20. The Balaban J connectivity index is 2.65. The van der Waals surface area contributed by atoms with Crippen LogP contribution in [0.15, 0.2) is 12.1 Å². The molecule has 1 aromatic rings. The highest BCUT2D eigenvalue weighted by molar-refractivity contribution is 14.1. The number of fused-ring (bicyclic) bond motifs is 1. The fourth-order valence-corrected chi connectivity index (χ4v) is 2.51. The van der Waals surface area contributed by atoms with Crippen LogP contribution in [0.5, 0.6) is 5.75 Å². The van der Waals surface area contributed by atoms with E-state index in [-0.39, 0.29) is 5.78 Å². The van der Waals surface area contributed by atoms with Crippen molar-refractivity contribution in [1.29, 1.82) is 0 Å². The van der Waals surface area contributed by atoms with Gasteiger partial charge >= 0.3 is 0 Å². The molecule has 0 amide bonds. The summed E-state index contributed by atoms with van der Waals surface area (Å²) in [6.45, 7) is 0. The molecule has 0 atom stereocenters. The number of Topliss-reactive ketones (excluding diaryl/α,β-unsaturated/α-hetero) is 1. The molecule has 0 unspecified atom stereocenters. The predicted octanol–water partition coefficient (Wildman–Crippen LogP) is 2.43. The van der Waals surface area contributed by atoms with Crippen LogP contribution < -0.4 is 4.74 Å². The molecule has 3 heteroatoms. The quantitative estimate of drug-likeness (QED) is 0.742. The smallest absolute Gasteiger partial charge is 0.164 e. The lowest BCUT2D eigenvalue weighted by atomic mass is 10.1. The second-order valence-electron chi connectivity index (χ2n) is 3.03. The molecule has 0 aromatic heterocycles. The van der Waals surface area contributed by atoms with Crippen LogP contribution in [0.4, 0.5) is 0 Å². The van der Waals surface area contributed by atoms with Crippen molar-refractivity contribution in [3.8, 4) is 5.75 Å². The summed E-state index contributed by atoms with van der Waals surface area (Å²) in [6, 6.07) is 3.86. The van der Waals surface area contributed by atoms with Crippen LogP contribution in [0.3, 0.4) is 0 Å². The monoisotopic (exact) mass is 288 g/mol. The Morgan fingerprint density at radius 3 is 2.85 bits per heavy atom. The Labute approximate surface area is 90.4 Å². The maximum Gasteiger partial charge on any atom is 0.164 e. The minimum atomic E-state index is 0.248. The number of benzene rings is 1. The third-order valence-corrected chi connectivity index (χ3v) is 3.22. The first-order chi connectivity index (χ1) is 6.24. The van der Waals surface area contributed by atoms with Crippen molar-refractivity contribution >= 4 is 28.4 Å². The average Bonchev–Trinajstić information content (AvgIpc) is 2.50. The molecule has 0 heterocycles. The fraction of sp³-hybridized carbons (Fsp3) is 0.300. The van der Waals surface area contributed by atoms with Gasteiger partial charge in [0.25, 0.3) is 0 Å². The van der Waals surface area contributed by atoms with Crippen LogP contribution in [0.2, 0.25) is 0 Å². The van der Waals surface area contributed by atoms with Gasteiger partial charge in [-0.1, -0.05) is 0 Å². The number of rotatable bonds is 1. The Morgan fingerprint density at radius 2 is 2.15 bits per heavy atom. The number of ether oxygens (including phenoxy) is 1. The van der Waals surface area contributed by atoms with E-state index in [1.165, 1.54) is 0 Å². The molecule has 0 saturated carbocycles. The lowest BCUT2D eigenvalue weighted by Crippen LogP contribution is -1.97. The molecule has 0 saturated heterocycles. The van der Waals surface area contributed by atoms with Gasteiger partial charge in [0.15, 0.2) is 5.78 Å². The van der Waals surface area contributed by atoms with Crippen LogP contribution in [-0.2, 0) is 6.42 Å². The van der Waals surface area contributed by atoms with E-state index in [4.69, 9.17) is 4.74 Å². The van der Waals surface area contributed by atoms with Crippen molar-refractivity contribution in [3.63, 3.8) is 0 Å². The predicted molar refractivity (Wildman–Crippen MR) is 58.4 cm³/mol. The summed E-state index contributed by atoms with van der Waals surface area (Å²) in [6.07, 6.45) is 1.46. The second-order valence-corrected chi connectivity index (χ2v) is 4.19. The first-order valence-electron chi connectivity index (χ1n) is 4.12. The number of carbonyl (C=O) groups is 1. The molecule has 1 aromatic carbocycles. The van der Waals surface area contributed by atoms with E-state index < -0.39 is 0 Å². The highest BCUT2D eigenvalue weighted by atomic mass is 127. The average molecular weight is 288 g/mol. The van der Waals surface area contributed by atoms with E-state index in [0.29, 0.717) is 6.42 Å². The van der Waals surface area contributed by atoms with Crippen molar-refractivity contribution in [1.82, 2.24) is 0 Å². The van der Waals surface area contributed by atoms with Gasteiger partial charge in [-0.25, -0.2) is 0 Å². The van der Waals surface area contributed by atoms with Crippen LogP contribution in [0.25, 0.3) is 0 Å². The van der Waals surface area contributed by atoms with Crippen molar-refractivity contribution in [2.75, 3.05) is 7.11 Å². The normalized spacial score (nSPS) is 14.5. The number of hydrogen-bond donors (Lipinski definition) is 0. The summed E-state index contributed by atoms with van der Waals surface area (Å²) in [4.78, 5) is 11.5. The molecule has 0 radical (unpaired) electrons. The third kappa shape index (κ3) is 1.35. The molecule has 1 aliphatic carbocycles. The van der Waals surface area contributed by atoms with E-state index in [9.17, 15) is 4.79 Å². The molecule has 0 bridgehead atoms. The zero-order valence-electron chi connectivity index (χ0n) is 7.26. The number of ketones is 1. The zero-order chi connectivity index (χ0) is 9.42. The number of methoxy groups -OCH3 is 1. The van der Waals surface area contributed by atoms with Crippen LogP contribution in [-0.4, -0.2) is 12.9 Å². The van der Waals surface area contributed by atoms with E-state index in [2.05, 4.69) is 22.6 Å². The lowest BCUT2D eigenvalue weighted by molar-refractivity contribution is 0.0994. The van der Waals surface area contributed by atoms with Gasteiger partial charge in [-0.05, 0) is 41.1 Å². The van der Waals surface area contributed by atoms with Gasteiger partial charge in [0.05, 0.1) is 7.11 Å². The number of carbonyl (C=O) groups excluding carboxylic acids is 1. The molecule has 68 valence electrons. The molecular formula is C10H9IO2. The van der Waals surface area contributed by atoms with Gasteiger partial charge < -0.3 is 4.74 Å². The van der Waals surface area contributed by atoms with Crippen LogP contribution >= 0.6 is 22.6 Å². The van der Waals surface area contributed by atoms with Gasteiger partial charge in [-0.15, -0.1) is 0 Å². The van der Waals surface area contributed by atoms with Gasteiger partial charge in [-0.3, -0.25) is 4.79 Å². The summed E-state index contributed by atoms with van der Waals surface area (Å²) in [7, 11) is 1.64. The summed E-state index contributed by atoms with van der Waals surface area (Å²) >= 11 is 2.20. The van der Waals surface area contributed by atoms with Crippen molar-refractivity contribution < 1.29 is 9.53 Å². The molecule has 0 spiro atoms. The molecule has 1 aliphatic rings. The molecule has 0 aliphatic heterocycles. The van der Waals surface area contributed by atoms with Crippen LogP contribution in [0, 0.1) is 3.57 Å². The Hall–Kier alpha value is -0.580. The van der Waals surface area contributed by atoms with E-state index in [0.717, 1.165) is 26.9 Å². The van der Waals surface area contributed by atoms with Crippen molar-refractivity contribution in [2.24, 2.45) is 0 Å². The zero-order valence-corrected chi connectivity index (χ0v) is 9.42. The number of hydrogen-bond acceptors (Lipinski definition) is 2. The first kappa shape index (κ1) is 8.99. The summed E-state index contributed by atoms with van der Waals surface area (Å²) in [5, 5.41) is 0. The highest BCUT2D eigenvalue weighted by Gasteiger charge is 2.25. The summed E-state index contributed by atoms with van der Waals surface area (Å²) in [5.41, 5.74) is 1.96. The third-order valence-electron chi connectivity index (χ3n) is 2.32. The minimum Gasteiger partial charge on any atom is -0.496 e. The van der Waals surface area contributed by atoms with E-state index >= 15 is 0 Å². The Morgan fingerprint density at radius 1 is 1.38 bits per heavy atom. The maximum absolute atomic E-state index is 11.5.